The van der Waals surface area contributed by atoms with Gasteiger partial charge in [0, 0.05) is 43.8 Å². The zero-order chi connectivity index (χ0) is 35.1. The number of hydrogen-bond acceptors (Lipinski definition) is 8. The predicted octanol–water partition coefficient (Wildman–Crippen LogP) is 4.20. The van der Waals surface area contributed by atoms with E-state index in [1.54, 1.807) is 9.80 Å². The second-order valence-corrected chi connectivity index (χ2v) is 14.4. The van der Waals surface area contributed by atoms with Crippen LogP contribution in [0, 0.1) is 11.8 Å². The Bertz CT molecular complexity index is 1400. The number of likely N-dealkylation sites (tertiary alicyclic amines) is 1. The van der Waals surface area contributed by atoms with Crippen molar-refractivity contribution in [3.63, 3.8) is 0 Å². The van der Waals surface area contributed by atoms with Crippen LogP contribution in [0.2, 0.25) is 0 Å². The van der Waals surface area contributed by atoms with E-state index in [4.69, 9.17) is 14.2 Å². The molecule has 0 radical (unpaired) electrons. The molecule has 4 aliphatic rings. The third-order valence-electron chi connectivity index (χ3n) is 10.2. The predicted molar refractivity (Wildman–Crippen MR) is 186 cm³/mol. The highest BCUT2D eigenvalue weighted by atomic mass is 79.9. The first kappa shape index (κ1) is 37.2. The van der Waals surface area contributed by atoms with Crippen LogP contribution in [0.1, 0.15) is 76.9 Å². The Balaban J connectivity index is 1.59. The number of aliphatic hydroxyl groups excluding tert-OH is 1. The van der Waals surface area contributed by atoms with Crippen LogP contribution in [0.5, 0.6) is 0 Å². The summed E-state index contributed by atoms with van der Waals surface area (Å²) in [5.74, 6) is -3.40. The van der Waals surface area contributed by atoms with E-state index in [2.05, 4.69) is 28.2 Å². The number of unbranched alkanes of at least 4 members (excludes halogenated alkanes) is 3. The van der Waals surface area contributed by atoms with Crippen molar-refractivity contribution in [1.29, 1.82) is 0 Å². The number of fused-ring (bicyclic) bond motifs is 2. The maximum absolute atomic E-state index is 14.9. The number of allylic oxidation sites excluding steroid dienone is 1. The number of esters is 1. The van der Waals surface area contributed by atoms with E-state index < -0.39 is 47.7 Å². The van der Waals surface area contributed by atoms with Crippen molar-refractivity contribution in [2.45, 2.75) is 101 Å². The third kappa shape index (κ3) is 7.67. The Labute approximate surface area is 297 Å². The van der Waals surface area contributed by atoms with E-state index in [-0.39, 0.29) is 43.4 Å². The zero-order valence-corrected chi connectivity index (χ0v) is 30.3. The topological polar surface area (TPSA) is 135 Å². The molecule has 2 N–H and O–H groups in total. The molecule has 268 valence electrons. The molecule has 4 aliphatic heterocycles. The largest absolute Gasteiger partial charge is 0.455 e. The van der Waals surface area contributed by atoms with Gasteiger partial charge in [-0.05, 0) is 44.2 Å². The fourth-order valence-corrected chi connectivity index (χ4v) is 8.62. The van der Waals surface area contributed by atoms with E-state index in [1.165, 1.54) is 7.11 Å². The first-order chi connectivity index (χ1) is 23.7. The molecule has 1 aromatic carbocycles. The zero-order valence-electron chi connectivity index (χ0n) is 28.7. The summed E-state index contributed by atoms with van der Waals surface area (Å²) in [6, 6.07) is 7.36. The lowest BCUT2D eigenvalue weighted by atomic mass is 9.74. The van der Waals surface area contributed by atoms with Gasteiger partial charge in [-0.3, -0.25) is 19.2 Å². The highest BCUT2D eigenvalue weighted by Crippen LogP contribution is 2.59. The molecular formula is C37H50BrN3O8. The van der Waals surface area contributed by atoms with Crippen LogP contribution < -0.4 is 5.32 Å². The van der Waals surface area contributed by atoms with Gasteiger partial charge in [-0.25, -0.2) is 0 Å². The lowest BCUT2D eigenvalue weighted by Crippen LogP contribution is -2.57. The number of amides is 3. The number of methoxy groups -OCH3 is 1. The van der Waals surface area contributed by atoms with Gasteiger partial charge in [0.25, 0.3) is 0 Å². The van der Waals surface area contributed by atoms with Crippen molar-refractivity contribution in [2.24, 2.45) is 11.8 Å². The van der Waals surface area contributed by atoms with Gasteiger partial charge in [0.2, 0.25) is 17.7 Å². The van der Waals surface area contributed by atoms with E-state index in [1.807, 2.05) is 55.5 Å². The number of carbonyl (C=O) groups excluding carboxylic acids is 4. The van der Waals surface area contributed by atoms with E-state index in [0.717, 1.165) is 25.7 Å². The summed E-state index contributed by atoms with van der Waals surface area (Å²) in [5, 5.41) is 12.3. The molecular weight excluding hydrogens is 694 g/mol. The molecule has 0 aromatic heterocycles. The lowest BCUT2D eigenvalue weighted by Gasteiger charge is -2.38. The average Bonchev–Trinajstić information content (AvgIpc) is 3.67. The van der Waals surface area contributed by atoms with Crippen molar-refractivity contribution < 1.29 is 38.5 Å². The number of benzene rings is 1. The van der Waals surface area contributed by atoms with Crippen LogP contribution >= 0.6 is 15.9 Å². The Morgan fingerprint density at radius 3 is 2.53 bits per heavy atom. The van der Waals surface area contributed by atoms with Crippen molar-refractivity contribution in [3.05, 3.63) is 58.6 Å². The number of ether oxygens (including phenoxy) is 3. The minimum absolute atomic E-state index is 0.0832. The first-order valence-electron chi connectivity index (χ1n) is 17.6. The van der Waals surface area contributed by atoms with Crippen molar-refractivity contribution >= 4 is 39.6 Å². The van der Waals surface area contributed by atoms with Crippen LogP contribution in [0.25, 0.3) is 0 Å². The molecule has 4 heterocycles. The molecule has 5 rings (SSSR count). The smallest absolute Gasteiger partial charge is 0.313 e. The minimum Gasteiger partial charge on any atom is -0.455 e. The second-order valence-electron chi connectivity index (χ2n) is 13.5. The fraction of sp³-hybridized carbons (Fsp3) is 0.622. The number of halogens is 1. The van der Waals surface area contributed by atoms with Gasteiger partial charge >= 0.3 is 5.97 Å². The van der Waals surface area contributed by atoms with Crippen molar-refractivity contribution in [3.8, 4) is 0 Å². The quantitative estimate of drug-likeness (QED) is 0.185. The number of cyclic esters (lactones) is 1. The number of nitrogens with zero attached hydrogens (tertiary/aromatic N) is 2. The number of nitrogens with one attached hydrogen (secondary N) is 1. The van der Waals surface area contributed by atoms with Crippen LogP contribution in [0.4, 0.5) is 0 Å². The maximum Gasteiger partial charge on any atom is 0.313 e. The Morgan fingerprint density at radius 2 is 1.82 bits per heavy atom. The first-order valence-corrected chi connectivity index (χ1v) is 18.4. The summed E-state index contributed by atoms with van der Waals surface area (Å²) >= 11 is 3.63. The minimum atomic E-state index is -1.36. The van der Waals surface area contributed by atoms with Gasteiger partial charge in [-0.1, -0.05) is 84.6 Å². The van der Waals surface area contributed by atoms with Gasteiger partial charge < -0.3 is 34.4 Å². The Hall–Kier alpha value is -3.06. The number of aliphatic hydroxyl groups is 1. The molecule has 11 nitrogen and oxygen atoms in total. The molecule has 1 spiro atoms. The molecule has 2 saturated heterocycles. The average molecular weight is 745 g/mol. The number of rotatable bonds is 12. The standard InChI is InChI=1S/C37H50BrN3O8/c1-4-15-24(2)40-19-13-8-11-18-28(43)39-27(23-47-3)31(25-16-9-7-10-17-25)48-36(46)29-30-34(44)41(20-12-5-6-14-21-42)33(35(40)45)37(30)22-26(38)32(29)49-37/h7-10,13,16-17,22,24,27,29-33,42H,4-6,11-12,14-15,18-21,23H2,1-3H3,(H,39,43)/b13-8-/t24?,27-,29+,30-,31-,32+,33+,37-/m1/s1. The van der Waals surface area contributed by atoms with Crippen molar-refractivity contribution in [2.75, 3.05) is 33.4 Å². The normalized spacial score (nSPS) is 31.7. The number of hydrogen-bond donors (Lipinski definition) is 2. The molecule has 8 atom stereocenters. The molecule has 2 fully saturated rings. The molecule has 0 saturated carbocycles. The summed E-state index contributed by atoms with van der Waals surface area (Å²) < 4.78 is 19.1. The van der Waals surface area contributed by atoms with Crippen molar-refractivity contribution in [1.82, 2.24) is 15.1 Å². The van der Waals surface area contributed by atoms with Gasteiger partial charge in [-0.15, -0.1) is 0 Å². The van der Waals surface area contributed by atoms with Crippen LogP contribution in [0.15, 0.2) is 53.0 Å². The highest BCUT2D eigenvalue weighted by Gasteiger charge is 2.75. The molecule has 3 amide bonds. The van der Waals surface area contributed by atoms with Gasteiger partial charge in [0.05, 0.1) is 18.6 Å². The monoisotopic (exact) mass is 743 g/mol. The summed E-state index contributed by atoms with van der Waals surface area (Å²) in [6.45, 7) is 4.89. The highest BCUT2D eigenvalue weighted by molar-refractivity contribution is 9.11. The van der Waals surface area contributed by atoms with Crippen LogP contribution in [0.3, 0.4) is 0 Å². The summed E-state index contributed by atoms with van der Waals surface area (Å²) in [6.07, 6.45) is 9.08. The Morgan fingerprint density at radius 1 is 1.06 bits per heavy atom. The fourth-order valence-electron chi connectivity index (χ4n) is 7.88. The molecule has 1 unspecified atom stereocenters. The molecule has 1 aromatic rings. The summed E-state index contributed by atoms with van der Waals surface area (Å²) in [7, 11) is 1.52. The van der Waals surface area contributed by atoms with Gasteiger partial charge in [-0.2, -0.15) is 0 Å². The van der Waals surface area contributed by atoms with E-state index in [9.17, 15) is 24.3 Å². The van der Waals surface area contributed by atoms with Crippen LogP contribution in [-0.2, 0) is 33.4 Å². The Kier molecular flexibility index (Phi) is 12.7. The third-order valence-corrected chi connectivity index (χ3v) is 10.9. The second kappa shape index (κ2) is 16.8. The van der Waals surface area contributed by atoms with Gasteiger partial charge in [0.15, 0.2) is 0 Å². The SMILES string of the molecule is CCCC(C)N1C/C=C\CCC(=O)N[C@H](COC)[C@@H](c2ccccc2)OC(=O)[C@@H]2[C@H]3O[C@@]4(C=C3Br)[C@H](C1=O)N(CCCCCCO)C(=O)[C@@H]24. The van der Waals surface area contributed by atoms with E-state index >= 15 is 0 Å². The van der Waals surface area contributed by atoms with E-state index in [0.29, 0.717) is 42.4 Å². The van der Waals surface area contributed by atoms with Gasteiger partial charge in [0.1, 0.15) is 29.8 Å². The summed E-state index contributed by atoms with van der Waals surface area (Å²) in [5.41, 5.74) is -0.697. The maximum atomic E-state index is 14.9. The lowest BCUT2D eigenvalue weighted by molar-refractivity contribution is -0.162. The number of carbonyl (C=O) groups is 4. The molecule has 0 aliphatic carbocycles. The molecule has 5 bridgehead atoms. The summed E-state index contributed by atoms with van der Waals surface area (Å²) in [4.78, 5) is 60.6. The van der Waals surface area contributed by atoms with Crippen LogP contribution in [-0.4, -0.2) is 102 Å². The molecule has 49 heavy (non-hydrogen) atoms. The molecule has 12 heteroatoms.